The zero-order valence-electron chi connectivity index (χ0n) is 3.68. The predicted molar refractivity (Wildman–Crippen MR) is 27.8 cm³/mol. The van der Waals surface area contributed by atoms with E-state index in [-0.39, 0.29) is 17.4 Å². The summed E-state index contributed by atoms with van der Waals surface area (Å²) in [5.41, 5.74) is 0. The fourth-order valence-corrected chi connectivity index (χ4v) is 0.204. The smallest absolute Gasteiger partial charge is 0.179 e. The van der Waals surface area contributed by atoms with Crippen LogP contribution in [0.4, 0.5) is 0 Å². The highest BCUT2D eigenvalue weighted by atomic mass is 31.1. The van der Waals surface area contributed by atoms with Crippen LogP contribution in [-0.2, 0) is 9.09 Å². The van der Waals surface area contributed by atoms with Crippen LogP contribution in [0.3, 0.4) is 0 Å². The maximum Gasteiger partial charge on any atom is 0.179 e. The Morgan fingerprint density at radius 1 is 1.83 bits per heavy atom. The van der Waals surface area contributed by atoms with Crippen molar-refractivity contribution >= 4 is 26.0 Å². The second-order valence-electron chi connectivity index (χ2n) is 0.552. The summed E-state index contributed by atoms with van der Waals surface area (Å²) in [4.78, 5) is 0. The van der Waals surface area contributed by atoms with Gasteiger partial charge in [0.15, 0.2) is 8.69 Å². The van der Waals surface area contributed by atoms with Crippen molar-refractivity contribution in [3.8, 4) is 0 Å². The SMILES string of the molecule is CCO[PH2]=O.[Al]. The van der Waals surface area contributed by atoms with Crippen LogP contribution in [0.5, 0.6) is 0 Å². The molecule has 0 rings (SSSR count). The van der Waals surface area contributed by atoms with E-state index in [0.717, 1.165) is 0 Å². The minimum absolute atomic E-state index is 0. The van der Waals surface area contributed by atoms with Gasteiger partial charge >= 0.3 is 0 Å². The summed E-state index contributed by atoms with van der Waals surface area (Å²) in [7, 11) is -0.964. The summed E-state index contributed by atoms with van der Waals surface area (Å²) in [6.07, 6.45) is 0. The topological polar surface area (TPSA) is 26.3 Å². The van der Waals surface area contributed by atoms with Gasteiger partial charge in [0.2, 0.25) is 0 Å². The summed E-state index contributed by atoms with van der Waals surface area (Å²) >= 11 is 0. The molecule has 0 aromatic heterocycles. The maximum atomic E-state index is 9.39. The lowest BCUT2D eigenvalue weighted by Gasteiger charge is -1.76. The van der Waals surface area contributed by atoms with Crippen molar-refractivity contribution in [3.05, 3.63) is 0 Å². The second-order valence-corrected chi connectivity index (χ2v) is 1.08. The van der Waals surface area contributed by atoms with E-state index in [4.69, 9.17) is 0 Å². The van der Waals surface area contributed by atoms with Gasteiger partial charge in [-0.1, -0.05) is 0 Å². The Hall–Kier alpha value is 0.722. The van der Waals surface area contributed by atoms with Crippen molar-refractivity contribution in [2.75, 3.05) is 6.61 Å². The highest BCUT2D eigenvalue weighted by Gasteiger charge is 1.60. The van der Waals surface area contributed by atoms with Crippen LogP contribution in [0, 0.1) is 0 Å². The Balaban J connectivity index is 0. The quantitative estimate of drug-likeness (QED) is 0.388. The van der Waals surface area contributed by atoms with Crippen LogP contribution in [0.2, 0.25) is 0 Å². The summed E-state index contributed by atoms with van der Waals surface area (Å²) in [5.74, 6) is 0. The molecule has 0 aromatic carbocycles. The third kappa shape index (κ3) is 8.83. The van der Waals surface area contributed by atoms with Crippen molar-refractivity contribution in [1.29, 1.82) is 0 Å². The molecule has 0 spiro atoms. The standard InChI is InChI=1S/C2H7O2P.Al/c1-2-4-5-3;/h2,5H2,1H3;. The van der Waals surface area contributed by atoms with Crippen molar-refractivity contribution in [3.63, 3.8) is 0 Å². The molecule has 2 nitrogen and oxygen atoms in total. The molecule has 0 heterocycles. The van der Waals surface area contributed by atoms with Crippen LogP contribution < -0.4 is 0 Å². The lowest BCUT2D eigenvalue weighted by molar-refractivity contribution is 0.365. The minimum atomic E-state index is -0.964. The van der Waals surface area contributed by atoms with Gasteiger partial charge in [0, 0.05) is 17.4 Å². The van der Waals surface area contributed by atoms with Crippen molar-refractivity contribution in [1.82, 2.24) is 0 Å². The molecule has 0 bridgehead atoms. The van der Waals surface area contributed by atoms with Crippen LogP contribution in [-0.4, -0.2) is 24.0 Å². The van der Waals surface area contributed by atoms with E-state index in [1.165, 1.54) is 0 Å². The Morgan fingerprint density at radius 2 is 2.33 bits per heavy atom. The fourth-order valence-electron chi connectivity index (χ4n) is 0.0680. The summed E-state index contributed by atoms with van der Waals surface area (Å²) < 4.78 is 13.8. The molecular weight excluding hydrogens is 114 g/mol. The Bertz CT molecular complexity index is 32.7. The fraction of sp³-hybridized carbons (Fsp3) is 1.00. The number of hydrogen-bond acceptors (Lipinski definition) is 2. The van der Waals surface area contributed by atoms with E-state index < -0.39 is 8.69 Å². The second kappa shape index (κ2) is 9.21. The van der Waals surface area contributed by atoms with E-state index in [0.29, 0.717) is 6.61 Å². The largest absolute Gasteiger partial charge is 0.333 e. The molecule has 3 radical (unpaired) electrons. The van der Waals surface area contributed by atoms with Gasteiger partial charge in [-0.2, -0.15) is 0 Å². The zero-order valence-corrected chi connectivity index (χ0v) is 5.99. The average Bonchev–Trinajstić information content (AvgIpc) is 1.41. The van der Waals surface area contributed by atoms with E-state index >= 15 is 0 Å². The third-order valence-corrected chi connectivity index (χ3v) is 0.704. The lowest BCUT2D eigenvalue weighted by Crippen LogP contribution is -1.65. The van der Waals surface area contributed by atoms with Crippen molar-refractivity contribution in [2.45, 2.75) is 6.92 Å². The highest BCUT2D eigenvalue weighted by molar-refractivity contribution is 7.17. The van der Waals surface area contributed by atoms with Gasteiger partial charge in [0.1, 0.15) is 0 Å². The molecule has 0 aromatic rings. The van der Waals surface area contributed by atoms with Gasteiger partial charge < -0.3 is 4.52 Å². The zero-order chi connectivity index (χ0) is 4.12. The first-order valence-corrected chi connectivity index (χ1v) is 2.41. The maximum absolute atomic E-state index is 9.39. The Morgan fingerprint density at radius 3 is 2.33 bits per heavy atom. The first-order chi connectivity index (χ1) is 2.41. The summed E-state index contributed by atoms with van der Waals surface area (Å²) in [5, 5.41) is 0. The molecular formula is C2H7AlO2P. The predicted octanol–water partition coefficient (Wildman–Crippen LogP) is 0.313. The molecule has 0 aliphatic rings. The van der Waals surface area contributed by atoms with Crippen molar-refractivity contribution < 1.29 is 9.09 Å². The first kappa shape index (κ1) is 9.87. The molecule has 0 amide bonds. The van der Waals surface area contributed by atoms with Gasteiger partial charge in [-0.25, -0.2) is 0 Å². The molecule has 0 aliphatic carbocycles. The summed E-state index contributed by atoms with van der Waals surface area (Å²) in [6, 6.07) is 0. The molecule has 35 valence electrons. The Labute approximate surface area is 49.3 Å². The molecule has 4 heteroatoms. The van der Waals surface area contributed by atoms with Gasteiger partial charge in [0.25, 0.3) is 0 Å². The van der Waals surface area contributed by atoms with Crippen LogP contribution in [0.1, 0.15) is 6.92 Å². The molecule has 0 fully saturated rings. The van der Waals surface area contributed by atoms with Crippen LogP contribution in [0.15, 0.2) is 0 Å². The van der Waals surface area contributed by atoms with E-state index in [1.807, 2.05) is 6.92 Å². The molecule has 1 unspecified atom stereocenters. The van der Waals surface area contributed by atoms with E-state index in [2.05, 4.69) is 4.52 Å². The van der Waals surface area contributed by atoms with E-state index in [9.17, 15) is 4.57 Å². The van der Waals surface area contributed by atoms with Gasteiger partial charge in [0.05, 0.1) is 6.61 Å². The molecule has 0 aliphatic heterocycles. The molecule has 0 saturated carbocycles. The van der Waals surface area contributed by atoms with Crippen LogP contribution in [0.25, 0.3) is 0 Å². The molecule has 0 saturated heterocycles. The summed E-state index contributed by atoms with van der Waals surface area (Å²) in [6.45, 7) is 2.38. The lowest BCUT2D eigenvalue weighted by atomic mass is 10.9. The number of rotatable bonds is 2. The monoisotopic (exact) mass is 121 g/mol. The Kier molecular flexibility index (Phi) is 15.2. The highest BCUT2D eigenvalue weighted by Crippen LogP contribution is 1.89. The van der Waals surface area contributed by atoms with Gasteiger partial charge in [-0.15, -0.1) is 0 Å². The molecule has 6 heavy (non-hydrogen) atoms. The van der Waals surface area contributed by atoms with Gasteiger partial charge in [-0.05, 0) is 6.92 Å². The van der Waals surface area contributed by atoms with Crippen molar-refractivity contribution in [2.24, 2.45) is 0 Å². The minimum Gasteiger partial charge on any atom is -0.333 e. The number of hydrogen-bond donors (Lipinski definition) is 0. The average molecular weight is 121 g/mol. The molecule has 1 atom stereocenters. The first-order valence-electron chi connectivity index (χ1n) is 1.47. The van der Waals surface area contributed by atoms with Gasteiger partial charge in [-0.3, -0.25) is 4.57 Å². The third-order valence-electron chi connectivity index (χ3n) is 0.235. The molecule has 0 N–H and O–H groups in total. The van der Waals surface area contributed by atoms with Crippen LogP contribution >= 0.6 is 8.69 Å². The normalized spacial score (nSPS) is 8.83. The van der Waals surface area contributed by atoms with E-state index in [1.54, 1.807) is 0 Å².